The lowest BCUT2D eigenvalue weighted by atomic mass is 10.2. The fraction of sp³-hybridized carbons (Fsp3) is 1.00. The summed E-state index contributed by atoms with van der Waals surface area (Å²) >= 11 is 0. The van der Waals surface area contributed by atoms with Crippen molar-refractivity contribution < 1.29 is 18.9 Å². The molecular formula is C20H42N2O4. The molecule has 2 heterocycles. The van der Waals surface area contributed by atoms with Gasteiger partial charge in [-0.2, -0.15) is 0 Å². The van der Waals surface area contributed by atoms with Gasteiger partial charge in [0.1, 0.15) is 0 Å². The van der Waals surface area contributed by atoms with E-state index >= 15 is 0 Å². The maximum atomic E-state index is 5.69. The summed E-state index contributed by atoms with van der Waals surface area (Å²) in [5.41, 5.74) is 0. The lowest BCUT2D eigenvalue weighted by Crippen LogP contribution is -2.48. The first-order chi connectivity index (χ1) is 12.2. The van der Waals surface area contributed by atoms with Gasteiger partial charge >= 0.3 is 0 Å². The van der Waals surface area contributed by atoms with Crippen LogP contribution >= 0.6 is 0 Å². The normalized spacial score (nSPS) is 29.5. The van der Waals surface area contributed by atoms with Crippen LogP contribution in [-0.2, 0) is 18.9 Å². The topological polar surface area (TPSA) is 61.0 Å². The Morgan fingerprint density at radius 1 is 0.731 bits per heavy atom. The summed E-state index contributed by atoms with van der Waals surface area (Å²) in [5, 5.41) is 6.73. The van der Waals surface area contributed by atoms with Crippen LogP contribution < -0.4 is 10.6 Å². The van der Waals surface area contributed by atoms with E-state index < -0.39 is 0 Å². The third kappa shape index (κ3) is 9.62. The SMILES string of the molecule is CC(C)NC1COC(C(C)C)OC1.CC(C)NCC1COC(C(C)C)O1. The molecule has 2 rings (SSSR count). The van der Waals surface area contributed by atoms with Crippen LogP contribution in [0.2, 0.25) is 0 Å². The molecule has 0 spiro atoms. The summed E-state index contributed by atoms with van der Waals surface area (Å²) in [6.45, 7) is 20.1. The summed E-state index contributed by atoms with van der Waals surface area (Å²) in [6, 6.07) is 1.37. The van der Waals surface area contributed by atoms with E-state index in [1.54, 1.807) is 0 Å². The van der Waals surface area contributed by atoms with Gasteiger partial charge < -0.3 is 29.6 Å². The van der Waals surface area contributed by atoms with Gasteiger partial charge in [0.05, 0.1) is 32.0 Å². The first-order valence-corrected chi connectivity index (χ1v) is 10.2. The number of ether oxygens (including phenoxy) is 4. The number of nitrogens with one attached hydrogen (secondary N) is 2. The van der Waals surface area contributed by atoms with Crippen molar-refractivity contribution in [2.45, 2.75) is 92.2 Å². The Morgan fingerprint density at radius 2 is 1.27 bits per heavy atom. The zero-order valence-corrected chi connectivity index (χ0v) is 18.1. The van der Waals surface area contributed by atoms with Crippen molar-refractivity contribution in [3.05, 3.63) is 0 Å². The molecule has 0 aromatic heterocycles. The lowest BCUT2D eigenvalue weighted by Gasteiger charge is -2.32. The van der Waals surface area contributed by atoms with Crippen LogP contribution in [0.5, 0.6) is 0 Å². The molecule has 2 aliphatic heterocycles. The monoisotopic (exact) mass is 374 g/mol. The molecule has 2 saturated heterocycles. The number of hydrogen-bond acceptors (Lipinski definition) is 6. The molecule has 6 heteroatoms. The summed E-state index contributed by atoms with van der Waals surface area (Å²) in [5.74, 6) is 0.893. The molecule has 0 aromatic rings. The Balaban J connectivity index is 0.000000260. The molecule has 0 aromatic carbocycles. The van der Waals surface area contributed by atoms with Crippen molar-refractivity contribution >= 4 is 0 Å². The van der Waals surface area contributed by atoms with Crippen LogP contribution in [0.1, 0.15) is 55.4 Å². The van der Waals surface area contributed by atoms with Crippen LogP contribution in [0.4, 0.5) is 0 Å². The summed E-state index contributed by atoms with van der Waals surface area (Å²) in [4.78, 5) is 0. The van der Waals surface area contributed by atoms with E-state index in [1.807, 2.05) is 0 Å². The van der Waals surface area contributed by atoms with Crippen LogP contribution in [0.3, 0.4) is 0 Å². The van der Waals surface area contributed by atoms with Crippen LogP contribution in [0.15, 0.2) is 0 Å². The minimum Gasteiger partial charge on any atom is -0.351 e. The molecule has 0 saturated carbocycles. The van der Waals surface area contributed by atoms with Gasteiger partial charge in [-0.05, 0) is 0 Å². The highest BCUT2D eigenvalue weighted by atomic mass is 16.7. The molecule has 2 aliphatic rings. The largest absolute Gasteiger partial charge is 0.351 e. The van der Waals surface area contributed by atoms with Crippen molar-refractivity contribution in [2.24, 2.45) is 11.8 Å². The molecule has 26 heavy (non-hydrogen) atoms. The highest BCUT2D eigenvalue weighted by molar-refractivity contribution is 4.73. The highest BCUT2D eigenvalue weighted by Gasteiger charge is 2.28. The molecule has 6 nitrogen and oxygen atoms in total. The van der Waals surface area contributed by atoms with Gasteiger partial charge in [-0.15, -0.1) is 0 Å². The van der Waals surface area contributed by atoms with Crippen molar-refractivity contribution in [1.82, 2.24) is 10.6 Å². The van der Waals surface area contributed by atoms with E-state index in [4.69, 9.17) is 18.9 Å². The van der Waals surface area contributed by atoms with Gasteiger partial charge in [-0.3, -0.25) is 0 Å². The van der Waals surface area contributed by atoms with Gasteiger partial charge in [-0.1, -0.05) is 55.4 Å². The Hall–Kier alpha value is -0.240. The van der Waals surface area contributed by atoms with Crippen molar-refractivity contribution in [3.8, 4) is 0 Å². The smallest absolute Gasteiger partial charge is 0.160 e. The second-order valence-electron chi connectivity index (χ2n) is 8.56. The molecule has 0 bridgehead atoms. The molecule has 156 valence electrons. The standard InChI is InChI=1S/2C10H21NO2/c1-7(2)10-12-5-9(6-13-10)11-8(3)4;1-7(2)10-12-6-9(13-10)5-11-8(3)4/h2*7-11H,5-6H2,1-4H3. The first kappa shape index (κ1) is 23.8. The van der Waals surface area contributed by atoms with Crippen LogP contribution in [-0.4, -0.2) is 63.2 Å². The Morgan fingerprint density at radius 3 is 1.69 bits per heavy atom. The van der Waals surface area contributed by atoms with Crippen LogP contribution in [0, 0.1) is 11.8 Å². The van der Waals surface area contributed by atoms with Crippen molar-refractivity contribution in [2.75, 3.05) is 26.4 Å². The predicted molar refractivity (Wildman–Crippen MR) is 105 cm³/mol. The third-order valence-electron chi connectivity index (χ3n) is 4.11. The zero-order chi connectivity index (χ0) is 19.7. The lowest BCUT2D eigenvalue weighted by molar-refractivity contribution is -0.209. The summed E-state index contributed by atoms with van der Waals surface area (Å²) in [7, 11) is 0. The third-order valence-corrected chi connectivity index (χ3v) is 4.11. The van der Waals surface area contributed by atoms with Gasteiger partial charge in [0.25, 0.3) is 0 Å². The molecule has 2 fully saturated rings. The number of hydrogen-bond donors (Lipinski definition) is 2. The second-order valence-corrected chi connectivity index (χ2v) is 8.56. The number of rotatable bonds is 7. The van der Waals surface area contributed by atoms with E-state index in [0.29, 0.717) is 30.0 Å². The van der Waals surface area contributed by atoms with Gasteiger partial charge in [0, 0.05) is 30.5 Å². The average molecular weight is 375 g/mol. The Bertz CT molecular complexity index is 350. The molecule has 2 unspecified atom stereocenters. The van der Waals surface area contributed by atoms with E-state index in [-0.39, 0.29) is 18.7 Å². The Kier molecular flexibility index (Phi) is 11.2. The highest BCUT2D eigenvalue weighted by Crippen LogP contribution is 2.18. The van der Waals surface area contributed by atoms with Crippen molar-refractivity contribution in [3.63, 3.8) is 0 Å². The minimum absolute atomic E-state index is 0.000961. The van der Waals surface area contributed by atoms with E-state index in [2.05, 4.69) is 66.0 Å². The molecule has 2 N–H and O–H groups in total. The van der Waals surface area contributed by atoms with Gasteiger partial charge in [0.2, 0.25) is 0 Å². The van der Waals surface area contributed by atoms with Crippen molar-refractivity contribution in [1.29, 1.82) is 0 Å². The fourth-order valence-corrected chi connectivity index (χ4v) is 2.76. The first-order valence-electron chi connectivity index (χ1n) is 10.2. The second kappa shape index (κ2) is 12.3. The zero-order valence-electron chi connectivity index (χ0n) is 18.1. The van der Waals surface area contributed by atoms with Crippen LogP contribution in [0.25, 0.3) is 0 Å². The summed E-state index contributed by atoms with van der Waals surface area (Å²) in [6.07, 6.45) is 0.221. The predicted octanol–water partition coefficient (Wildman–Crippen LogP) is 2.76. The molecular weight excluding hydrogens is 332 g/mol. The molecule has 2 atom stereocenters. The fourth-order valence-electron chi connectivity index (χ4n) is 2.76. The van der Waals surface area contributed by atoms with E-state index in [9.17, 15) is 0 Å². The maximum absolute atomic E-state index is 5.69. The van der Waals surface area contributed by atoms with E-state index in [0.717, 1.165) is 26.4 Å². The molecule has 0 radical (unpaired) electrons. The Labute approximate surface area is 160 Å². The molecule has 0 amide bonds. The quantitative estimate of drug-likeness (QED) is 0.715. The minimum atomic E-state index is -0.00906. The maximum Gasteiger partial charge on any atom is 0.160 e. The van der Waals surface area contributed by atoms with Gasteiger partial charge in [0.15, 0.2) is 12.6 Å². The van der Waals surface area contributed by atoms with Gasteiger partial charge in [-0.25, -0.2) is 0 Å². The van der Waals surface area contributed by atoms with E-state index in [1.165, 1.54) is 0 Å². The summed E-state index contributed by atoms with van der Waals surface area (Å²) < 4.78 is 22.3. The average Bonchev–Trinajstić information content (AvgIpc) is 3.03. The molecule has 0 aliphatic carbocycles.